The van der Waals surface area contributed by atoms with Crippen molar-refractivity contribution in [2.75, 3.05) is 0 Å². The van der Waals surface area contributed by atoms with Crippen molar-refractivity contribution in [1.82, 2.24) is 20.5 Å². The Labute approximate surface area is 205 Å². The van der Waals surface area contributed by atoms with Crippen LogP contribution < -0.4 is 5.32 Å². The Kier molecular flexibility index (Phi) is 9.31. The Morgan fingerprint density at radius 2 is 1.74 bits per heavy atom. The molecule has 0 spiro atoms. The van der Waals surface area contributed by atoms with Crippen molar-refractivity contribution < 1.29 is 19.3 Å². The monoisotopic (exact) mass is 476 g/mol. The first-order chi connectivity index (χ1) is 16.9. The van der Waals surface area contributed by atoms with Crippen molar-refractivity contribution in [3.05, 3.63) is 84.8 Å². The molecule has 0 aliphatic carbocycles. The van der Waals surface area contributed by atoms with Gasteiger partial charge in [-0.15, -0.1) is 11.6 Å². The van der Waals surface area contributed by atoms with Crippen LogP contribution in [-0.2, 0) is 11.2 Å². The summed E-state index contributed by atoms with van der Waals surface area (Å²) < 4.78 is 5.47. The molecule has 2 aromatic carbocycles. The molecule has 3 rings (SSSR count). The number of carbonyl (C=O) groups excluding carboxylic acids is 2. The lowest BCUT2D eigenvalue weighted by molar-refractivity contribution is -0.157. The van der Waals surface area contributed by atoms with E-state index in [0.717, 1.165) is 17.5 Å². The highest BCUT2D eigenvalue weighted by molar-refractivity contribution is 5.94. The number of carbonyl (C=O) groups is 2. The minimum absolute atomic E-state index is 0.154. The maximum atomic E-state index is 12.9. The van der Waals surface area contributed by atoms with Gasteiger partial charge in [0.2, 0.25) is 11.7 Å². The molecule has 3 amide bonds. The molecule has 184 valence electrons. The summed E-state index contributed by atoms with van der Waals surface area (Å²) in [6.07, 6.45) is 3.66. The van der Waals surface area contributed by atoms with Crippen molar-refractivity contribution >= 4 is 11.9 Å². The first-order valence-corrected chi connectivity index (χ1v) is 11.8. The molecule has 0 aliphatic rings. The highest BCUT2D eigenvalue weighted by Crippen LogP contribution is 2.23. The quantitative estimate of drug-likeness (QED) is 0.213. The second-order valence-corrected chi connectivity index (χ2v) is 8.86. The number of rotatable bonds is 11. The van der Waals surface area contributed by atoms with Crippen molar-refractivity contribution in [2.24, 2.45) is 11.8 Å². The SMILES string of the molecule is C=CC[C@H](CCC(C)C)C(=O)N(O)C(=O)NC(Cc1ccccc1)c1nc(-c2ccccc2)no1. The second kappa shape index (κ2) is 12.6. The van der Waals surface area contributed by atoms with Gasteiger partial charge in [0.25, 0.3) is 5.91 Å². The standard InChI is InChI=1S/C27H32N4O4/c1-4-11-22(17-16-19(2)3)26(32)31(34)27(33)28-23(18-20-12-7-5-8-13-20)25-29-24(30-35-25)21-14-9-6-10-15-21/h4-10,12-15,19,22-23,34H,1,11,16-18H2,2-3H3,(H,28,33)/t22-,23?/m1/s1. The zero-order valence-corrected chi connectivity index (χ0v) is 20.1. The number of nitrogens with one attached hydrogen (secondary N) is 1. The van der Waals surface area contributed by atoms with Crippen molar-refractivity contribution in [1.29, 1.82) is 0 Å². The van der Waals surface area contributed by atoms with Crippen molar-refractivity contribution in [3.63, 3.8) is 0 Å². The molecular weight excluding hydrogens is 444 g/mol. The molecule has 8 heteroatoms. The predicted octanol–water partition coefficient (Wildman–Crippen LogP) is 5.58. The van der Waals surface area contributed by atoms with Crippen LogP contribution in [0.15, 0.2) is 77.8 Å². The van der Waals surface area contributed by atoms with E-state index in [9.17, 15) is 14.8 Å². The summed E-state index contributed by atoms with van der Waals surface area (Å²) >= 11 is 0. The minimum Gasteiger partial charge on any atom is -0.337 e. The lowest BCUT2D eigenvalue weighted by Crippen LogP contribution is -2.46. The van der Waals surface area contributed by atoms with Gasteiger partial charge in [0.15, 0.2) is 0 Å². The number of hydroxylamine groups is 2. The molecule has 2 N–H and O–H groups in total. The van der Waals surface area contributed by atoms with Crippen LogP contribution in [0.4, 0.5) is 4.79 Å². The first kappa shape index (κ1) is 25.8. The maximum Gasteiger partial charge on any atom is 0.349 e. The summed E-state index contributed by atoms with van der Waals surface area (Å²) in [4.78, 5) is 30.2. The van der Waals surface area contributed by atoms with E-state index >= 15 is 0 Å². The highest BCUT2D eigenvalue weighted by atomic mass is 16.5. The van der Waals surface area contributed by atoms with E-state index in [1.165, 1.54) is 0 Å². The summed E-state index contributed by atoms with van der Waals surface area (Å²) in [5.41, 5.74) is 1.68. The van der Waals surface area contributed by atoms with Gasteiger partial charge in [-0.2, -0.15) is 4.98 Å². The van der Waals surface area contributed by atoms with Gasteiger partial charge in [-0.25, -0.2) is 4.79 Å². The zero-order chi connectivity index (χ0) is 25.2. The molecule has 1 heterocycles. The van der Waals surface area contributed by atoms with Gasteiger partial charge < -0.3 is 9.84 Å². The van der Waals surface area contributed by atoms with Crippen LogP contribution in [0, 0.1) is 11.8 Å². The number of allylic oxidation sites excluding steroid dienone is 1. The largest absolute Gasteiger partial charge is 0.349 e. The number of benzene rings is 2. The van der Waals surface area contributed by atoms with E-state index in [2.05, 4.69) is 35.9 Å². The Balaban J connectivity index is 1.79. The molecule has 0 saturated carbocycles. The van der Waals surface area contributed by atoms with Crippen LogP contribution in [-0.4, -0.2) is 32.3 Å². The smallest absolute Gasteiger partial charge is 0.337 e. The lowest BCUT2D eigenvalue weighted by atomic mass is 9.94. The third kappa shape index (κ3) is 7.35. The third-order valence-corrected chi connectivity index (χ3v) is 5.65. The molecule has 0 aliphatic heterocycles. The molecule has 35 heavy (non-hydrogen) atoms. The summed E-state index contributed by atoms with van der Waals surface area (Å²) in [7, 11) is 0. The average molecular weight is 477 g/mol. The van der Waals surface area contributed by atoms with E-state index in [0.29, 0.717) is 31.0 Å². The van der Waals surface area contributed by atoms with Gasteiger partial charge in [0, 0.05) is 17.9 Å². The van der Waals surface area contributed by atoms with Gasteiger partial charge in [-0.05, 0) is 24.3 Å². The maximum absolute atomic E-state index is 12.9. The van der Waals surface area contributed by atoms with Crippen molar-refractivity contribution in [3.8, 4) is 11.4 Å². The normalized spacial score (nSPS) is 12.7. The molecule has 1 aromatic heterocycles. The minimum atomic E-state index is -0.950. The molecule has 1 unspecified atom stereocenters. The number of hydrogen-bond donors (Lipinski definition) is 2. The van der Waals surface area contributed by atoms with Crippen LogP contribution in [0.25, 0.3) is 11.4 Å². The Morgan fingerprint density at radius 3 is 2.37 bits per heavy atom. The van der Waals surface area contributed by atoms with E-state index in [1.54, 1.807) is 6.08 Å². The number of amides is 3. The zero-order valence-electron chi connectivity index (χ0n) is 20.1. The topological polar surface area (TPSA) is 109 Å². The number of urea groups is 1. The van der Waals surface area contributed by atoms with E-state index in [1.807, 2.05) is 60.7 Å². The van der Waals surface area contributed by atoms with E-state index in [-0.39, 0.29) is 11.0 Å². The Bertz CT molecular complexity index is 1100. The number of imide groups is 1. The van der Waals surface area contributed by atoms with Crippen LogP contribution in [0.2, 0.25) is 0 Å². The summed E-state index contributed by atoms with van der Waals surface area (Å²) in [6.45, 7) is 7.81. The van der Waals surface area contributed by atoms with Crippen molar-refractivity contribution in [2.45, 2.75) is 45.6 Å². The van der Waals surface area contributed by atoms with Crippen LogP contribution in [0.5, 0.6) is 0 Å². The number of aromatic nitrogens is 2. The van der Waals surface area contributed by atoms with Crippen LogP contribution in [0.3, 0.4) is 0 Å². The number of hydrogen-bond acceptors (Lipinski definition) is 6. The molecule has 3 aromatic rings. The van der Waals surface area contributed by atoms with Gasteiger partial charge in [0.1, 0.15) is 6.04 Å². The fourth-order valence-electron chi connectivity index (χ4n) is 3.69. The molecule has 0 fully saturated rings. The van der Waals surface area contributed by atoms with Crippen LogP contribution in [0.1, 0.15) is 50.6 Å². The molecule has 2 atom stereocenters. The van der Waals surface area contributed by atoms with Gasteiger partial charge in [0.05, 0.1) is 0 Å². The third-order valence-electron chi connectivity index (χ3n) is 5.65. The summed E-state index contributed by atoms with van der Waals surface area (Å²) in [5.74, 6) is -0.264. The molecule has 0 bridgehead atoms. The fraction of sp³-hybridized carbons (Fsp3) is 0.333. The second-order valence-electron chi connectivity index (χ2n) is 8.86. The fourth-order valence-corrected chi connectivity index (χ4v) is 3.69. The molecule has 8 nitrogen and oxygen atoms in total. The predicted molar refractivity (Wildman–Crippen MR) is 132 cm³/mol. The number of nitrogens with zero attached hydrogens (tertiary/aromatic N) is 3. The molecule has 0 radical (unpaired) electrons. The Morgan fingerprint density at radius 1 is 1.09 bits per heavy atom. The van der Waals surface area contributed by atoms with Gasteiger partial charge in [-0.3, -0.25) is 10.0 Å². The highest BCUT2D eigenvalue weighted by Gasteiger charge is 2.30. The van der Waals surface area contributed by atoms with E-state index in [4.69, 9.17) is 4.52 Å². The average Bonchev–Trinajstić information content (AvgIpc) is 3.36. The lowest BCUT2D eigenvalue weighted by Gasteiger charge is -2.23. The summed E-state index contributed by atoms with van der Waals surface area (Å²) in [6, 6.07) is 17.1. The van der Waals surface area contributed by atoms with Gasteiger partial charge >= 0.3 is 6.03 Å². The van der Waals surface area contributed by atoms with E-state index < -0.39 is 23.9 Å². The van der Waals surface area contributed by atoms with Crippen LogP contribution >= 0.6 is 0 Å². The Hall–Kier alpha value is -3.78. The molecule has 0 saturated heterocycles. The summed E-state index contributed by atoms with van der Waals surface area (Å²) in [5, 5.41) is 17.3. The first-order valence-electron chi connectivity index (χ1n) is 11.8. The van der Waals surface area contributed by atoms with Gasteiger partial charge in [-0.1, -0.05) is 92.2 Å². The molecular formula is C27H32N4O4.